The van der Waals surface area contributed by atoms with Crippen LogP contribution < -0.4 is 92.9 Å². The van der Waals surface area contributed by atoms with Gasteiger partial charge in [0.1, 0.15) is 67.0 Å². The van der Waals surface area contributed by atoms with Gasteiger partial charge in [-0.15, -0.1) is 0 Å². The molecule has 1 saturated heterocycles. The lowest BCUT2D eigenvalue weighted by Gasteiger charge is -2.29. The molecule has 0 aromatic heterocycles. The second-order valence-corrected chi connectivity index (χ2v) is 22.6. The first-order chi connectivity index (χ1) is 41.7. The predicted octanol–water partition coefficient (Wildman–Crippen LogP) is -7.84. The number of amides is 11. The highest BCUT2D eigenvalue weighted by Crippen LogP contribution is 2.12. The summed E-state index contributed by atoms with van der Waals surface area (Å²) in [7, 11) is 0. The Bertz CT molecular complexity index is 2450. The van der Waals surface area contributed by atoms with Crippen molar-refractivity contribution in [2.45, 2.75) is 171 Å². The van der Waals surface area contributed by atoms with Gasteiger partial charge in [-0.3, -0.25) is 57.5 Å². The van der Waals surface area contributed by atoms with E-state index in [1.165, 1.54) is 18.7 Å². The number of nitrogens with two attached hydrogens (primary N) is 6. The Morgan fingerprint density at radius 3 is 1.61 bits per heavy atom. The highest BCUT2D eigenvalue weighted by molar-refractivity contribution is 7.99. The van der Waals surface area contributed by atoms with Crippen LogP contribution in [0.15, 0.2) is 30.3 Å². The summed E-state index contributed by atoms with van der Waals surface area (Å²) in [6.45, 7) is 6.25. The van der Waals surface area contributed by atoms with Crippen LogP contribution in [0.25, 0.3) is 0 Å². The molecule has 0 unspecified atom stereocenters. The van der Waals surface area contributed by atoms with Crippen molar-refractivity contribution in [1.82, 2.24) is 58.5 Å². The van der Waals surface area contributed by atoms with Gasteiger partial charge in [-0.2, -0.15) is 11.8 Å². The summed E-state index contributed by atoms with van der Waals surface area (Å²) in [4.78, 5) is 166. The summed E-state index contributed by atoms with van der Waals surface area (Å²) < 4.78 is 5.02. The minimum atomic E-state index is -1.78. The zero-order chi connectivity index (χ0) is 66.0. The van der Waals surface area contributed by atoms with E-state index in [0.29, 0.717) is 11.3 Å². The van der Waals surface area contributed by atoms with Crippen LogP contribution in [0.2, 0.25) is 0 Å². The number of hydrogen-bond donors (Lipinski definition) is 19. The molecule has 1 aliphatic heterocycles. The van der Waals surface area contributed by atoms with Crippen LogP contribution in [0.4, 0.5) is 0 Å². The Balaban J connectivity index is 2.65. The second-order valence-electron chi connectivity index (χ2n) is 21.5. The van der Waals surface area contributed by atoms with Gasteiger partial charge in [0.25, 0.3) is 0 Å². The number of benzene rings is 1. The molecule has 13 atom stereocenters. The molecule has 1 fully saturated rings. The molecule has 1 aromatic carbocycles. The van der Waals surface area contributed by atoms with E-state index in [9.17, 15) is 67.7 Å². The molecule has 0 spiro atoms. The normalized spacial score (nSPS) is 22.4. The fourth-order valence-electron chi connectivity index (χ4n) is 8.75. The Labute approximate surface area is 516 Å². The van der Waals surface area contributed by atoms with Crippen LogP contribution in [0.1, 0.15) is 91.5 Å². The van der Waals surface area contributed by atoms with E-state index in [0.717, 1.165) is 6.92 Å². The smallest absolute Gasteiger partial charge is 0.305 e. The minimum absolute atomic E-state index is 0.0323. The van der Waals surface area contributed by atoms with Crippen LogP contribution in [0.3, 0.4) is 0 Å². The van der Waals surface area contributed by atoms with Gasteiger partial charge in [0.2, 0.25) is 65.0 Å². The summed E-state index contributed by atoms with van der Waals surface area (Å²) in [5, 5.41) is 49.3. The largest absolute Gasteiger partial charge is 0.465 e. The monoisotopic (exact) mass is 1270 g/mol. The molecule has 88 heavy (non-hydrogen) atoms. The van der Waals surface area contributed by atoms with Gasteiger partial charge in [-0.05, 0) is 103 Å². The van der Waals surface area contributed by atoms with E-state index in [1.54, 1.807) is 51.1 Å². The van der Waals surface area contributed by atoms with Crippen LogP contribution >= 0.6 is 11.8 Å². The standard InChI is InChI=1S/C55H95N17O15S/c1-6-42(75)87-24-25-88-28-33(61)45(76)63-37(15-21-59)50(81)72-44(31(5)74)55(86)68-36(14-20-58)47(78)67-39-17-23-62-54(85)43(30(4)73)71-51(82)38(16-22-60)65-46(77)34(12-18-56)66-52(83)40(26-29(2)3)69-53(84)41(27-32-10-8-7-9-11-32)70-48(79)35(13-19-57)64-49(39)80/h7-11,29-31,33-41,43-44,73-74H,6,12-28,56-61H2,1-5H3,(H,62,85)(H,63,76)(H,64,80)(H,65,77)(H,66,83)(H,67,78)(H,68,86)(H,69,84)(H,70,79)(H,71,82)(H,72,81)/t30-,31-,33+,34+,35+,36+,37+,38+,39+,40+,41-,43+,44+/m1/s1. The summed E-state index contributed by atoms with van der Waals surface area (Å²) in [5.74, 6) is -10.6. The molecule has 32 nitrogen and oxygen atoms in total. The van der Waals surface area contributed by atoms with Gasteiger partial charge in [-0.1, -0.05) is 51.1 Å². The van der Waals surface area contributed by atoms with Crippen molar-refractivity contribution in [1.29, 1.82) is 0 Å². The average Bonchev–Trinajstić information content (AvgIpc) is 2.08. The van der Waals surface area contributed by atoms with Crippen molar-refractivity contribution >= 4 is 82.7 Å². The highest BCUT2D eigenvalue weighted by Gasteiger charge is 2.38. The van der Waals surface area contributed by atoms with E-state index in [1.807, 2.05) is 0 Å². The lowest BCUT2D eigenvalue weighted by molar-refractivity contribution is -0.142. The maximum atomic E-state index is 14.6. The molecule has 11 amide bonds. The lowest BCUT2D eigenvalue weighted by Crippen LogP contribution is -2.62. The van der Waals surface area contributed by atoms with Crippen molar-refractivity contribution in [3.63, 3.8) is 0 Å². The third kappa shape index (κ3) is 27.5. The Morgan fingerprint density at radius 2 is 1.10 bits per heavy atom. The summed E-state index contributed by atoms with van der Waals surface area (Å²) >= 11 is 1.22. The van der Waals surface area contributed by atoms with Gasteiger partial charge >= 0.3 is 5.97 Å². The van der Waals surface area contributed by atoms with Crippen molar-refractivity contribution in [3.05, 3.63) is 35.9 Å². The molecule has 0 aliphatic carbocycles. The van der Waals surface area contributed by atoms with E-state index < -0.39 is 163 Å². The molecular weight excluding hydrogens is 1170 g/mol. The quantitative estimate of drug-likeness (QED) is 0.0251. The molecule has 1 aromatic rings. The first-order valence-electron chi connectivity index (χ1n) is 29.5. The first-order valence-corrected chi connectivity index (χ1v) is 30.6. The molecule has 25 N–H and O–H groups in total. The third-order valence-electron chi connectivity index (χ3n) is 13.6. The second kappa shape index (κ2) is 41.2. The number of nitrogens with one attached hydrogen (secondary N) is 11. The van der Waals surface area contributed by atoms with Crippen molar-refractivity contribution in [2.24, 2.45) is 40.3 Å². The molecule has 2 rings (SSSR count). The number of hydrogen-bond acceptors (Lipinski definition) is 22. The Hall–Kier alpha value is -7.11. The highest BCUT2D eigenvalue weighted by atomic mass is 32.2. The third-order valence-corrected chi connectivity index (χ3v) is 14.7. The number of carbonyl (C=O) groups is 12. The van der Waals surface area contributed by atoms with E-state index in [-0.39, 0.29) is 102 Å². The average molecular weight is 1270 g/mol. The van der Waals surface area contributed by atoms with Crippen molar-refractivity contribution in [2.75, 3.05) is 57.4 Å². The number of esters is 1. The number of thioether (sulfide) groups is 1. The zero-order valence-electron chi connectivity index (χ0n) is 50.8. The first kappa shape index (κ1) is 77.0. The fourth-order valence-corrected chi connectivity index (χ4v) is 9.53. The number of rotatable bonds is 30. The van der Waals surface area contributed by atoms with Gasteiger partial charge in [-0.25, -0.2) is 0 Å². The Morgan fingerprint density at radius 1 is 0.614 bits per heavy atom. The van der Waals surface area contributed by atoms with Crippen LogP contribution in [0, 0.1) is 5.92 Å². The van der Waals surface area contributed by atoms with Crippen LogP contribution in [-0.2, 0) is 68.7 Å². The maximum Gasteiger partial charge on any atom is 0.305 e. The molecule has 0 radical (unpaired) electrons. The summed E-state index contributed by atoms with van der Waals surface area (Å²) in [6.07, 6.45) is -4.66. The number of ether oxygens (including phenoxy) is 1. The fraction of sp³-hybridized carbons (Fsp3) is 0.673. The Kier molecular flexibility index (Phi) is 36.0. The molecule has 1 aliphatic rings. The van der Waals surface area contributed by atoms with Gasteiger partial charge in [0.05, 0.1) is 18.2 Å². The minimum Gasteiger partial charge on any atom is -0.465 e. The molecule has 496 valence electrons. The summed E-state index contributed by atoms with van der Waals surface area (Å²) in [6, 6.07) is -7.87. The number of carbonyl (C=O) groups excluding carboxylic acids is 12. The number of aliphatic hydroxyl groups is 2. The van der Waals surface area contributed by atoms with Crippen molar-refractivity contribution < 1.29 is 72.5 Å². The van der Waals surface area contributed by atoms with E-state index in [4.69, 9.17) is 39.1 Å². The number of aliphatic hydroxyl groups excluding tert-OH is 2. The van der Waals surface area contributed by atoms with E-state index in [2.05, 4.69) is 58.5 Å². The topological polar surface area (TPSA) is 543 Å². The van der Waals surface area contributed by atoms with Crippen molar-refractivity contribution in [3.8, 4) is 0 Å². The molecule has 0 saturated carbocycles. The molecule has 0 bridgehead atoms. The SMILES string of the molecule is CCC(=O)OCCSC[C@H](N)C(=O)N[C@@H](CCN)C(=O)N[C@H](C(=O)N[C@@H](CCN)C(=O)N[C@H]1CCNC(=O)[C@H]([C@@H](C)O)NC(=O)[C@H](CCN)NC(=O)[C@H](CCN)NC(=O)[C@H](CC(C)C)NC(=O)[C@@H](Cc2ccccc2)NC(=O)[C@H](CCN)NC1=O)[C@@H](C)O. The molecular formula is C55H95N17O15S. The van der Waals surface area contributed by atoms with Crippen LogP contribution in [-0.4, -0.2) is 217 Å². The molecule has 33 heteroatoms. The van der Waals surface area contributed by atoms with Crippen LogP contribution in [0.5, 0.6) is 0 Å². The van der Waals surface area contributed by atoms with Gasteiger partial charge in [0.15, 0.2) is 0 Å². The van der Waals surface area contributed by atoms with E-state index >= 15 is 0 Å². The predicted molar refractivity (Wildman–Crippen MR) is 325 cm³/mol. The van der Waals surface area contributed by atoms with Gasteiger partial charge < -0.3 is 108 Å². The zero-order valence-corrected chi connectivity index (χ0v) is 51.6. The maximum absolute atomic E-state index is 14.6. The molecule has 1 heterocycles. The van der Waals surface area contributed by atoms with Gasteiger partial charge in [0, 0.05) is 30.9 Å². The lowest BCUT2D eigenvalue weighted by atomic mass is 10.00. The summed E-state index contributed by atoms with van der Waals surface area (Å²) in [5.41, 5.74) is 35.9.